The van der Waals surface area contributed by atoms with Crippen molar-refractivity contribution in [3.8, 4) is 5.75 Å². The number of anilines is 2. The fourth-order valence-electron chi connectivity index (χ4n) is 3.97. The van der Waals surface area contributed by atoms with Crippen LogP contribution in [0, 0.1) is 0 Å². The van der Waals surface area contributed by atoms with Gasteiger partial charge in [0.2, 0.25) is 0 Å². The number of fused-ring (bicyclic) bond motifs is 2. The lowest BCUT2D eigenvalue weighted by Gasteiger charge is -2.38. The first-order chi connectivity index (χ1) is 16.5. The molecule has 0 aromatic heterocycles. The molecule has 1 fully saturated rings. The number of hydrogen-bond acceptors (Lipinski definition) is 6. The van der Waals surface area contributed by atoms with Crippen LogP contribution in [-0.2, 0) is 4.79 Å². The van der Waals surface area contributed by atoms with Crippen LogP contribution in [-0.4, -0.2) is 36.9 Å². The van der Waals surface area contributed by atoms with Crippen LogP contribution in [0.3, 0.4) is 0 Å². The van der Waals surface area contributed by atoms with Gasteiger partial charge in [0.25, 0.3) is 14.2 Å². The van der Waals surface area contributed by atoms with Gasteiger partial charge < -0.3 is 14.2 Å². The van der Waals surface area contributed by atoms with Gasteiger partial charge >= 0.3 is 0 Å². The largest absolute Gasteiger partial charge is 0.543 e. The lowest BCUT2D eigenvalue weighted by Crippen LogP contribution is -2.44. The Bertz CT molecular complexity index is 1160. The molecule has 0 N–H and O–H groups in total. The summed E-state index contributed by atoms with van der Waals surface area (Å²) in [5, 5.41) is 0.0604. The molecule has 2 heterocycles. The molecule has 2 aliphatic rings. The van der Waals surface area contributed by atoms with Crippen molar-refractivity contribution in [3.63, 3.8) is 0 Å². The van der Waals surface area contributed by atoms with Gasteiger partial charge in [-0.2, -0.15) is 0 Å². The second-order valence-electron chi connectivity index (χ2n) is 10.5. The molecule has 1 atom stereocenters. The first-order valence-electron chi connectivity index (χ1n) is 12.3. The number of thioether (sulfide) groups is 1. The number of benzene rings is 2. The van der Waals surface area contributed by atoms with E-state index in [1.165, 1.54) is 32.9 Å². The van der Waals surface area contributed by atoms with E-state index in [9.17, 15) is 4.79 Å². The molecule has 0 bridgehead atoms. The van der Waals surface area contributed by atoms with Gasteiger partial charge in [-0.25, -0.2) is 0 Å². The van der Waals surface area contributed by atoms with Gasteiger partial charge in [0.15, 0.2) is 0 Å². The normalized spacial score (nSPS) is 19.3. The summed E-state index contributed by atoms with van der Waals surface area (Å²) in [6, 6.07) is 13.0. The third-order valence-corrected chi connectivity index (χ3v) is 14.0. The number of carbonyl (C=O) groups excluding carboxylic acids is 1. The van der Waals surface area contributed by atoms with E-state index in [2.05, 4.69) is 94.7 Å². The standard InChI is InChI=1S/C27H36N2O2S3Si/c1-8-14-29-19-12-10-11-13-22(19)33-23-15-18(16-24-25(30)28(9-2)26(32)34-24)21(17-20(23)29)31-35(6,7)27(3,4)5/h10-13,15-17,26,32H,8-9,14H2,1-7H3/b24-16-. The van der Waals surface area contributed by atoms with E-state index in [1.807, 2.05) is 13.0 Å². The summed E-state index contributed by atoms with van der Waals surface area (Å²) in [5.41, 5.74) is 3.39. The molecule has 4 nitrogen and oxygen atoms in total. The number of rotatable bonds is 6. The molecule has 0 aliphatic carbocycles. The van der Waals surface area contributed by atoms with Crippen molar-refractivity contribution in [1.82, 2.24) is 4.90 Å². The van der Waals surface area contributed by atoms with Crippen LogP contribution in [0.2, 0.25) is 18.1 Å². The monoisotopic (exact) mass is 544 g/mol. The number of amides is 1. The van der Waals surface area contributed by atoms with E-state index >= 15 is 0 Å². The van der Waals surface area contributed by atoms with Crippen LogP contribution in [0.1, 0.15) is 46.6 Å². The van der Waals surface area contributed by atoms with Crippen molar-refractivity contribution in [2.75, 3.05) is 18.0 Å². The second kappa shape index (κ2) is 10.1. The number of thiol groups is 1. The molecule has 2 aromatic carbocycles. The van der Waals surface area contributed by atoms with Crippen molar-refractivity contribution < 1.29 is 9.22 Å². The van der Waals surface area contributed by atoms with Crippen LogP contribution in [0.25, 0.3) is 6.08 Å². The summed E-state index contributed by atoms with van der Waals surface area (Å²) in [6.07, 6.45) is 3.06. The van der Waals surface area contributed by atoms with E-state index < -0.39 is 8.32 Å². The number of carbonyl (C=O) groups is 1. The Labute approximate surface area is 225 Å². The minimum Gasteiger partial charge on any atom is -0.543 e. The zero-order valence-corrected chi connectivity index (χ0v) is 25.2. The molecule has 0 saturated carbocycles. The molecule has 2 aliphatic heterocycles. The SMILES string of the molecule is CCCN1c2ccccc2Sc2cc(/C=C3\SC(S)N(CC)C3=O)c(O[Si](C)(C)C(C)(C)C)cc21. The molecule has 188 valence electrons. The molecule has 0 spiro atoms. The zero-order valence-electron chi connectivity index (χ0n) is 21.7. The fraction of sp³-hybridized carbons (Fsp3) is 0.444. The minimum atomic E-state index is -2.11. The number of likely N-dealkylation sites (N-methyl/N-ethyl adjacent to an activating group) is 1. The Morgan fingerprint density at radius 2 is 1.83 bits per heavy atom. The average Bonchev–Trinajstić information content (AvgIpc) is 3.05. The van der Waals surface area contributed by atoms with Crippen LogP contribution in [0.5, 0.6) is 5.75 Å². The summed E-state index contributed by atoms with van der Waals surface area (Å²) < 4.78 is 6.76. The highest BCUT2D eigenvalue weighted by molar-refractivity contribution is 8.14. The lowest BCUT2D eigenvalue weighted by atomic mass is 10.1. The maximum absolute atomic E-state index is 13.0. The highest BCUT2D eigenvalue weighted by Crippen LogP contribution is 2.51. The number of hydrogen-bond donors (Lipinski definition) is 1. The highest BCUT2D eigenvalue weighted by Gasteiger charge is 2.40. The average molecular weight is 545 g/mol. The van der Waals surface area contributed by atoms with Crippen LogP contribution >= 0.6 is 36.2 Å². The number of nitrogens with zero attached hydrogens (tertiary/aromatic N) is 2. The summed E-state index contributed by atoms with van der Waals surface area (Å²) in [5.74, 6) is 0.905. The quantitative estimate of drug-likeness (QED) is 0.225. The first kappa shape index (κ1) is 26.6. The van der Waals surface area contributed by atoms with Crippen molar-refractivity contribution in [1.29, 1.82) is 0 Å². The first-order valence-corrected chi connectivity index (χ1v) is 17.4. The Morgan fingerprint density at radius 3 is 2.46 bits per heavy atom. The van der Waals surface area contributed by atoms with Crippen molar-refractivity contribution in [2.24, 2.45) is 0 Å². The van der Waals surface area contributed by atoms with E-state index in [-0.39, 0.29) is 15.7 Å². The zero-order chi connectivity index (χ0) is 25.5. The van der Waals surface area contributed by atoms with Gasteiger partial charge in [-0.15, -0.1) is 12.6 Å². The molecule has 2 aromatic rings. The summed E-state index contributed by atoms with van der Waals surface area (Å²) in [7, 11) is -2.11. The van der Waals surface area contributed by atoms with E-state index in [1.54, 1.807) is 16.7 Å². The van der Waals surface area contributed by atoms with Crippen LogP contribution < -0.4 is 9.33 Å². The van der Waals surface area contributed by atoms with Gasteiger partial charge in [0, 0.05) is 34.5 Å². The van der Waals surface area contributed by atoms with Gasteiger partial charge in [-0.1, -0.05) is 63.4 Å². The van der Waals surface area contributed by atoms with Gasteiger partial charge in [-0.05, 0) is 55.8 Å². The fourth-order valence-corrected chi connectivity index (χ4v) is 7.75. The molecule has 35 heavy (non-hydrogen) atoms. The summed E-state index contributed by atoms with van der Waals surface area (Å²) >= 11 is 7.92. The van der Waals surface area contributed by atoms with Gasteiger partial charge in [-0.3, -0.25) is 4.79 Å². The number of para-hydroxylation sites is 1. The molecule has 8 heteroatoms. The molecule has 1 amide bonds. The third-order valence-electron chi connectivity index (χ3n) is 6.97. The van der Waals surface area contributed by atoms with E-state index in [0.29, 0.717) is 6.54 Å². The summed E-state index contributed by atoms with van der Waals surface area (Å²) in [4.78, 5) is 20.4. The highest BCUT2D eigenvalue weighted by atomic mass is 32.2. The molecule has 4 rings (SSSR count). The maximum Gasteiger partial charge on any atom is 0.261 e. The predicted molar refractivity (Wildman–Crippen MR) is 158 cm³/mol. The van der Waals surface area contributed by atoms with E-state index in [0.717, 1.165) is 29.2 Å². The topological polar surface area (TPSA) is 32.8 Å². The predicted octanol–water partition coefficient (Wildman–Crippen LogP) is 8.23. The lowest BCUT2D eigenvalue weighted by molar-refractivity contribution is -0.124. The molecule has 1 unspecified atom stereocenters. The molecular weight excluding hydrogens is 509 g/mol. The minimum absolute atomic E-state index is 0.0408. The van der Waals surface area contributed by atoms with Gasteiger partial charge in [0.05, 0.1) is 16.3 Å². The Kier molecular flexibility index (Phi) is 7.68. The van der Waals surface area contributed by atoms with Crippen molar-refractivity contribution >= 4 is 67.8 Å². The van der Waals surface area contributed by atoms with Crippen LogP contribution in [0.15, 0.2) is 51.1 Å². The van der Waals surface area contributed by atoms with Crippen molar-refractivity contribution in [2.45, 2.75) is 73.7 Å². The molecule has 0 radical (unpaired) electrons. The van der Waals surface area contributed by atoms with Crippen LogP contribution in [0.4, 0.5) is 11.4 Å². The summed E-state index contributed by atoms with van der Waals surface area (Å²) in [6.45, 7) is 17.1. The maximum atomic E-state index is 13.0. The third kappa shape index (κ3) is 5.17. The Morgan fingerprint density at radius 1 is 1.11 bits per heavy atom. The Balaban J connectivity index is 1.86. The van der Waals surface area contributed by atoms with E-state index in [4.69, 9.17) is 4.43 Å². The van der Waals surface area contributed by atoms with Gasteiger partial charge in [0.1, 0.15) is 10.5 Å². The molecular formula is C27H36N2O2S3Si. The molecule has 1 saturated heterocycles. The van der Waals surface area contributed by atoms with Crippen molar-refractivity contribution in [3.05, 3.63) is 46.9 Å². The Hall–Kier alpha value is -1.48. The smallest absolute Gasteiger partial charge is 0.261 e. The second-order valence-corrected chi connectivity index (χ2v) is 18.3.